The Hall–Kier alpha value is -1.45. The van der Waals surface area contributed by atoms with Gasteiger partial charge in [-0.25, -0.2) is 0 Å². The fraction of sp³-hybridized carbons (Fsp3) is 0. The predicted octanol–water partition coefficient (Wildman–Crippen LogP) is -0.831. The maximum Gasteiger partial charge on any atom is 0.157 e. The first kappa shape index (κ1) is 7.66. The van der Waals surface area contributed by atoms with E-state index in [1.54, 1.807) is 7.85 Å². The molecule has 4 heteroatoms. The summed E-state index contributed by atoms with van der Waals surface area (Å²) in [5.74, 6) is -0.428. The molecule has 2 N–H and O–H groups in total. The molecular weight excluding hydrogens is 143 g/mol. The second-order valence-electron chi connectivity index (χ2n) is 2.32. The van der Waals surface area contributed by atoms with Crippen LogP contribution in [0.1, 0.15) is 10.4 Å². The highest BCUT2D eigenvalue weighted by molar-refractivity contribution is 6.34. The second kappa shape index (κ2) is 2.66. The number of hydrogen-bond acceptors (Lipinski definition) is 3. The molecule has 1 aromatic carbocycles. The Morgan fingerprint density at radius 3 is 2.45 bits per heavy atom. The van der Waals surface area contributed by atoms with Crippen molar-refractivity contribution in [3.8, 4) is 11.5 Å². The van der Waals surface area contributed by atoms with Crippen molar-refractivity contribution in [2.75, 3.05) is 0 Å². The largest absolute Gasteiger partial charge is 0.505 e. The van der Waals surface area contributed by atoms with Crippen LogP contribution < -0.4 is 5.46 Å². The van der Waals surface area contributed by atoms with Crippen LogP contribution >= 0.6 is 0 Å². The van der Waals surface area contributed by atoms with E-state index >= 15 is 0 Å². The molecule has 0 unspecified atom stereocenters. The third-order valence-corrected chi connectivity index (χ3v) is 1.44. The molecule has 1 aromatic rings. The Morgan fingerprint density at radius 2 is 2.00 bits per heavy atom. The molecule has 0 amide bonds. The molecule has 0 aliphatic heterocycles. The van der Waals surface area contributed by atoms with Crippen molar-refractivity contribution < 1.29 is 15.0 Å². The number of benzene rings is 1. The van der Waals surface area contributed by atoms with Crippen LogP contribution in [0.2, 0.25) is 0 Å². The number of phenols is 2. The van der Waals surface area contributed by atoms with Crippen molar-refractivity contribution in [3.05, 3.63) is 17.7 Å². The van der Waals surface area contributed by atoms with Gasteiger partial charge in [0, 0.05) is 5.56 Å². The Labute approximate surface area is 64.7 Å². The van der Waals surface area contributed by atoms with Gasteiger partial charge >= 0.3 is 0 Å². The molecule has 1 rings (SSSR count). The number of phenolic OH excluding ortho intramolecular Hbond substituents is 2. The maximum absolute atomic E-state index is 10.2. The molecule has 0 radical (unpaired) electrons. The van der Waals surface area contributed by atoms with Crippen LogP contribution in [0, 0.1) is 0 Å². The summed E-state index contributed by atoms with van der Waals surface area (Å²) in [5, 5.41) is 18.1. The van der Waals surface area contributed by atoms with E-state index in [0.29, 0.717) is 17.3 Å². The van der Waals surface area contributed by atoms with E-state index in [1.165, 1.54) is 12.1 Å². The zero-order valence-electron chi connectivity index (χ0n) is 6.03. The average molecular weight is 150 g/mol. The number of rotatable bonds is 1. The topological polar surface area (TPSA) is 57.5 Å². The predicted molar refractivity (Wildman–Crippen MR) is 43.3 cm³/mol. The van der Waals surface area contributed by atoms with Gasteiger partial charge in [0.1, 0.15) is 14.1 Å². The van der Waals surface area contributed by atoms with Gasteiger partial charge in [-0.15, -0.1) is 0 Å². The highest BCUT2D eigenvalue weighted by Gasteiger charge is 2.03. The zero-order chi connectivity index (χ0) is 8.43. The highest BCUT2D eigenvalue weighted by Crippen LogP contribution is 2.21. The number of aromatic hydroxyl groups is 2. The first-order valence-electron chi connectivity index (χ1n) is 3.13. The van der Waals surface area contributed by atoms with Gasteiger partial charge in [0.15, 0.2) is 11.5 Å². The van der Waals surface area contributed by atoms with Crippen molar-refractivity contribution in [3.63, 3.8) is 0 Å². The fourth-order valence-electron chi connectivity index (χ4n) is 0.856. The fourth-order valence-corrected chi connectivity index (χ4v) is 0.856. The van der Waals surface area contributed by atoms with Crippen molar-refractivity contribution in [1.29, 1.82) is 0 Å². The third kappa shape index (κ3) is 1.34. The Bertz CT molecular complexity index is 273. The minimum atomic E-state index is -0.257. The molecule has 0 heterocycles. The third-order valence-electron chi connectivity index (χ3n) is 1.44. The lowest BCUT2D eigenvalue weighted by Crippen LogP contribution is -2.03. The molecule has 0 bridgehead atoms. The van der Waals surface area contributed by atoms with Crippen molar-refractivity contribution in [2.24, 2.45) is 0 Å². The monoisotopic (exact) mass is 150 g/mol. The Kier molecular flexibility index (Phi) is 1.85. The second-order valence-corrected chi connectivity index (χ2v) is 2.32. The summed E-state index contributed by atoms with van der Waals surface area (Å²) in [6.07, 6.45) is 0.617. The van der Waals surface area contributed by atoms with Gasteiger partial charge in [0.25, 0.3) is 0 Å². The molecule has 0 fully saturated rings. The van der Waals surface area contributed by atoms with Crippen LogP contribution in [0.3, 0.4) is 0 Å². The molecule has 0 saturated carbocycles. The first-order chi connectivity index (χ1) is 5.15. The lowest BCUT2D eigenvalue weighted by molar-refractivity contribution is 0.112. The molecule has 0 aliphatic rings. The summed E-state index contributed by atoms with van der Waals surface area (Å²) < 4.78 is 0. The summed E-state index contributed by atoms with van der Waals surface area (Å²) >= 11 is 0. The van der Waals surface area contributed by atoms with E-state index < -0.39 is 0 Å². The molecule has 11 heavy (non-hydrogen) atoms. The van der Waals surface area contributed by atoms with Crippen molar-refractivity contribution in [1.82, 2.24) is 0 Å². The van der Waals surface area contributed by atoms with E-state index in [4.69, 9.17) is 10.2 Å². The van der Waals surface area contributed by atoms with Crippen LogP contribution in [0.5, 0.6) is 11.5 Å². The SMILES string of the molecule is Bc1cc(C=O)cc(O)c1O. The molecule has 56 valence electrons. The van der Waals surface area contributed by atoms with Crippen LogP contribution in [0.25, 0.3) is 0 Å². The maximum atomic E-state index is 10.2. The van der Waals surface area contributed by atoms with Gasteiger partial charge < -0.3 is 10.2 Å². The van der Waals surface area contributed by atoms with Crippen LogP contribution in [-0.2, 0) is 0 Å². The van der Waals surface area contributed by atoms with Gasteiger partial charge in [-0.1, -0.05) is 6.07 Å². The van der Waals surface area contributed by atoms with E-state index in [0.717, 1.165) is 0 Å². The van der Waals surface area contributed by atoms with E-state index in [-0.39, 0.29) is 11.5 Å². The molecule has 0 saturated heterocycles. The zero-order valence-corrected chi connectivity index (χ0v) is 6.03. The van der Waals surface area contributed by atoms with Crippen LogP contribution in [0.4, 0.5) is 0 Å². The molecule has 3 nitrogen and oxygen atoms in total. The quantitative estimate of drug-likeness (QED) is 0.312. The molecule has 0 atom stereocenters. The van der Waals surface area contributed by atoms with Gasteiger partial charge in [-0.3, -0.25) is 4.79 Å². The summed E-state index contributed by atoms with van der Waals surface area (Å²) in [5.41, 5.74) is 0.852. The van der Waals surface area contributed by atoms with Crippen molar-refractivity contribution >= 4 is 19.6 Å². The van der Waals surface area contributed by atoms with E-state index in [2.05, 4.69) is 0 Å². The Balaban J connectivity index is 3.31. The molecular formula is C7H7BO3. The van der Waals surface area contributed by atoms with Gasteiger partial charge in [0.2, 0.25) is 0 Å². The lowest BCUT2D eigenvalue weighted by Gasteiger charge is -2.01. The summed E-state index contributed by atoms with van der Waals surface area (Å²) in [6, 6.07) is 2.72. The van der Waals surface area contributed by atoms with Crippen LogP contribution in [0.15, 0.2) is 12.1 Å². The minimum absolute atomic E-state index is 0.171. The number of hydrogen-bond donors (Lipinski definition) is 2. The standard InChI is InChI=1S/C7H7BO3/c8-5-1-4(3-9)2-6(10)7(5)11/h1-3,10-11H,8H2. The van der Waals surface area contributed by atoms with E-state index in [1.807, 2.05) is 0 Å². The van der Waals surface area contributed by atoms with E-state index in [9.17, 15) is 4.79 Å². The van der Waals surface area contributed by atoms with Crippen LogP contribution in [-0.4, -0.2) is 24.3 Å². The lowest BCUT2D eigenvalue weighted by atomic mass is 9.93. The summed E-state index contributed by atoms with van der Waals surface area (Å²) in [6.45, 7) is 0. The smallest absolute Gasteiger partial charge is 0.157 e. The summed E-state index contributed by atoms with van der Waals surface area (Å²) in [4.78, 5) is 10.2. The summed E-state index contributed by atoms with van der Waals surface area (Å²) in [7, 11) is 1.61. The number of carbonyl (C=O) groups is 1. The molecule has 0 spiro atoms. The highest BCUT2D eigenvalue weighted by atomic mass is 16.3. The molecule has 0 aromatic heterocycles. The van der Waals surface area contributed by atoms with Crippen molar-refractivity contribution in [2.45, 2.75) is 0 Å². The van der Waals surface area contributed by atoms with Gasteiger partial charge in [0.05, 0.1) is 0 Å². The first-order valence-corrected chi connectivity index (χ1v) is 3.13. The van der Waals surface area contributed by atoms with Gasteiger partial charge in [-0.05, 0) is 11.5 Å². The Morgan fingerprint density at radius 1 is 1.36 bits per heavy atom. The minimum Gasteiger partial charge on any atom is -0.505 e. The number of aldehydes is 1. The number of carbonyl (C=O) groups excluding carboxylic acids is 1. The normalized spacial score (nSPS) is 9.45. The molecule has 0 aliphatic carbocycles. The average Bonchev–Trinajstić information content (AvgIpc) is 1.99. The van der Waals surface area contributed by atoms with Gasteiger partial charge in [-0.2, -0.15) is 0 Å².